The Bertz CT molecular complexity index is 1090. The van der Waals surface area contributed by atoms with Crippen LogP contribution in [0.5, 0.6) is 5.75 Å². The molecule has 9 heteroatoms. The summed E-state index contributed by atoms with van der Waals surface area (Å²) >= 11 is 0. The molecule has 1 saturated heterocycles. The number of terminal acetylenes is 1. The van der Waals surface area contributed by atoms with Gasteiger partial charge in [-0.25, -0.2) is 0 Å². The highest BCUT2D eigenvalue weighted by Crippen LogP contribution is 2.31. The van der Waals surface area contributed by atoms with Gasteiger partial charge in [0, 0.05) is 56.8 Å². The zero-order valence-electron chi connectivity index (χ0n) is 21.3. The third kappa shape index (κ3) is 6.65. The molecule has 1 aromatic carbocycles. The predicted molar refractivity (Wildman–Crippen MR) is 133 cm³/mol. The van der Waals surface area contributed by atoms with Gasteiger partial charge in [0.2, 0.25) is 11.8 Å². The van der Waals surface area contributed by atoms with Crippen LogP contribution in [0.3, 0.4) is 0 Å². The van der Waals surface area contributed by atoms with Crippen LogP contribution in [0.1, 0.15) is 55.2 Å². The average molecular weight is 498 g/mol. The number of aromatic nitrogens is 1. The number of β-amino-alcohol motifs (C(OH)–C–C–N with tert-alkyl or cyclic N) is 1. The number of nitrogens with zero attached hydrogens (tertiary/aromatic N) is 2. The smallest absolute Gasteiger partial charge is 0.243 e. The molecular formula is C27H35N3O6. The van der Waals surface area contributed by atoms with Gasteiger partial charge in [-0.2, -0.15) is 0 Å². The first-order valence-electron chi connectivity index (χ1n) is 12.2. The first-order chi connectivity index (χ1) is 17.2. The number of carbonyl (C=O) groups excluding carboxylic acids is 2. The maximum absolute atomic E-state index is 13.5. The molecule has 194 valence electrons. The second-order valence-corrected chi connectivity index (χ2v) is 9.37. The summed E-state index contributed by atoms with van der Waals surface area (Å²) in [5, 5.41) is 17.1. The zero-order valence-corrected chi connectivity index (χ0v) is 21.3. The van der Waals surface area contributed by atoms with Crippen molar-refractivity contribution in [3.63, 3.8) is 0 Å². The quantitative estimate of drug-likeness (QED) is 0.362. The normalized spacial score (nSPS) is 18.2. The summed E-state index contributed by atoms with van der Waals surface area (Å²) in [6.45, 7) is 6.89. The lowest BCUT2D eigenvalue weighted by atomic mass is 9.91. The van der Waals surface area contributed by atoms with Crippen LogP contribution in [-0.2, 0) is 20.9 Å². The molecule has 1 aromatic heterocycles. The summed E-state index contributed by atoms with van der Waals surface area (Å²) in [5.41, 5.74) is 2.11. The molecule has 2 amide bonds. The van der Waals surface area contributed by atoms with Crippen molar-refractivity contribution in [2.24, 2.45) is 5.92 Å². The summed E-state index contributed by atoms with van der Waals surface area (Å²) in [4.78, 5) is 28.2. The zero-order chi connectivity index (χ0) is 26.2. The molecule has 0 unspecified atom stereocenters. The van der Waals surface area contributed by atoms with Crippen molar-refractivity contribution in [3.8, 4) is 18.1 Å². The molecule has 9 nitrogen and oxygen atoms in total. The Morgan fingerprint density at radius 1 is 1.33 bits per heavy atom. The number of likely N-dealkylation sites (tertiary alicyclic amines) is 1. The van der Waals surface area contributed by atoms with E-state index in [-0.39, 0.29) is 37.2 Å². The van der Waals surface area contributed by atoms with Crippen molar-refractivity contribution < 1.29 is 28.7 Å². The summed E-state index contributed by atoms with van der Waals surface area (Å²) in [7, 11) is 1.63. The fourth-order valence-corrected chi connectivity index (χ4v) is 4.36. The van der Waals surface area contributed by atoms with Crippen LogP contribution in [0.4, 0.5) is 0 Å². The van der Waals surface area contributed by atoms with Crippen molar-refractivity contribution in [1.29, 1.82) is 0 Å². The molecule has 0 aliphatic carbocycles. The van der Waals surface area contributed by atoms with E-state index in [2.05, 4.69) is 16.4 Å². The van der Waals surface area contributed by atoms with Crippen LogP contribution in [-0.4, -0.2) is 66.0 Å². The van der Waals surface area contributed by atoms with Gasteiger partial charge in [-0.15, -0.1) is 6.42 Å². The van der Waals surface area contributed by atoms with Gasteiger partial charge in [-0.1, -0.05) is 31.0 Å². The molecule has 2 aromatic rings. The van der Waals surface area contributed by atoms with Crippen LogP contribution in [0.15, 0.2) is 28.8 Å². The van der Waals surface area contributed by atoms with Crippen molar-refractivity contribution in [2.75, 3.05) is 26.9 Å². The van der Waals surface area contributed by atoms with Crippen molar-refractivity contribution in [3.05, 3.63) is 46.8 Å². The van der Waals surface area contributed by atoms with Crippen LogP contribution in [0.2, 0.25) is 0 Å². The van der Waals surface area contributed by atoms with Crippen LogP contribution in [0, 0.1) is 25.2 Å². The highest BCUT2D eigenvalue weighted by atomic mass is 16.5. The van der Waals surface area contributed by atoms with E-state index in [1.54, 1.807) is 32.2 Å². The van der Waals surface area contributed by atoms with Gasteiger partial charge < -0.3 is 29.3 Å². The van der Waals surface area contributed by atoms with Gasteiger partial charge in [0.05, 0.1) is 18.4 Å². The Labute approximate surface area is 212 Å². The Morgan fingerprint density at radius 3 is 2.75 bits per heavy atom. The number of carbonyl (C=O) groups is 2. The van der Waals surface area contributed by atoms with Crippen molar-refractivity contribution in [2.45, 2.75) is 58.2 Å². The molecule has 3 atom stereocenters. The van der Waals surface area contributed by atoms with E-state index in [1.807, 2.05) is 19.9 Å². The van der Waals surface area contributed by atoms with E-state index < -0.39 is 18.1 Å². The van der Waals surface area contributed by atoms with Crippen LogP contribution >= 0.6 is 0 Å². The van der Waals surface area contributed by atoms with E-state index in [0.29, 0.717) is 42.4 Å². The Morgan fingerprint density at radius 2 is 2.11 bits per heavy atom. The molecule has 0 saturated carbocycles. The molecule has 2 N–H and O–H groups in total. The second-order valence-electron chi connectivity index (χ2n) is 9.37. The Balaban J connectivity index is 1.72. The SMILES string of the molecule is C#Cc1ccc(CNC(=O)[C@@H]2C[C@@H](O)CN2C(=O)[C@@H](c2cc(C)no2)C(C)C)c(OCCCOC)c1. The summed E-state index contributed by atoms with van der Waals surface area (Å²) in [6, 6.07) is 6.29. The fourth-order valence-electron chi connectivity index (χ4n) is 4.36. The van der Waals surface area contributed by atoms with Gasteiger partial charge in [0.25, 0.3) is 0 Å². The number of ether oxygens (including phenoxy) is 2. The molecule has 36 heavy (non-hydrogen) atoms. The number of benzene rings is 1. The number of hydrogen-bond acceptors (Lipinski definition) is 7. The lowest BCUT2D eigenvalue weighted by molar-refractivity contribution is -0.141. The number of aliphatic hydroxyl groups is 1. The molecule has 0 radical (unpaired) electrons. The lowest BCUT2D eigenvalue weighted by Crippen LogP contribution is -2.48. The van der Waals surface area contributed by atoms with E-state index >= 15 is 0 Å². The minimum atomic E-state index is -0.797. The number of aryl methyl sites for hydroxylation is 1. The maximum Gasteiger partial charge on any atom is 0.243 e. The van der Waals surface area contributed by atoms with Crippen LogP contribution < -0.4 is 10.1 Å². The monoisotopic (exact) mass is 497 g/mol. The topological polar surface area (TPSA) is 114 Å². The van der Waals surface area contributed by atoms with E-state index in [9.17, 15) is 14.7 Å². The fraction of sp³-hybridized carbons (Fsp3) is 0.519. The number of aliphatic hydroxyl groups excluding tert-OH is 1. The Kier molecular flexibility index (Phi) is 9.51. The first kappa shape index (κ1) is 27.2. The number of hydrogen-bond donors (Lipinski definition) is 2. The van der Waals surface area contributed by atoms with Crippen molar-refractivity contribution >= 4 is 11.8 Å². The molecule has 1 aliphatic rings. The highest BCUT2D eigenvalue weighted by molar-refractivity contribution is 5.91. The third-order valence-corrected chi connectivity index (χ3v) is 6.19. The molecule has 1 fully saturated rings. The molecule has 0 spiro atoms. The van der Waals surface area contributed by atoms with E-state index in [1.165, 1.54) is 4.90 Å². The average Bonchev–Trinajstić information content (AvgIpc) is 3.45. The maximum atomic E-state index is 13.5. The molecule has 1 aliphatic heterocycles. The van der Waals surface area contributed by atoms with Gasteiger partial charge in [-0.05, 0) is 25.0 Å². The third-order valence-electron chi connectivity index (χ3n) is 6.19. The van der Waals surface area contributed by atoms with E-state index in [4.69, 9.17) is 20.4 Å². The largest absolute Gasteiger partial charge is 0.493 e. The number of amides is 2. The molecule has 2 heterocycles. The van der Waals surface area contributed by atoms with Gasteiger partial charge in [0.15, 0.2) is 0 Å². The van der Waals surface area contributed by atoms with E-state index in [0.717, 1.165) is 5.56 Å². The minimum absolute atomic E-state index is 0.0813. The number of nitrogens with one attached hydrogen (secondary N) is 1. The van der Waals surface area contributed by atoms with Gasteiger partial charge >= 0.3 is 0 Å². The molecule has 3 rings (SSSR count). The lowest BCUT2D eigenvalue weighted by Gasteiger charge is -2.28. The first-order valence-corrected chi connectivity index (χ1v) is 12.2. The van der Waals surface area contributed by atoms with Crippen LogP contribution in [0.25, 0.3) is 0 Å². The predicted octanol–water partition coefficient (Wildman–Crippen LogP) is 2.40. The number of rotatable bonds is 11. The van der Waals surface area contributed by atoms with Gasteiger partial charge in [-0.3, -0.25) is 9.59 Å². The second kappa shape index (κ2) is 12.6. The summed E-state index contributed by atoms with van der Waals surface area (Å²) in [5.74, 6) is 2.33. The molecule has 0 bridgehead atoms. The molecular weight excluding hydrogens is 462 g/mol. The number of methoxy groups -OCH3 is 1. The summed E-state index contributed by atoms with van der Waals surface area (Å²) < 4.78 is 16.3. The standard InChI is InChI=1S/C27H35N3O6/c1-6-19-8-9-20(23(13-19)35-11-7-10-34-5)15-28-26(32)22-14-21(31)16-30(22)27(33)25(17(2)3)24-12-18(4)29-36-24/h1,8-9,12-13,17,21-22,25,31H,7,10-11,14-16H2,2-5H3,(H,28,32)/t21-,22+,25-/m1/s1. The van der Waals surface area contributed by atoms with Crippen molar-refractivity contribution in [1.82, 2.24) is 15.4 Å². The Hall–Kier alpha value is -3.35. The van der Waals surface area contributed by atoms with Gasteiger partial charge in [0.1, 0.15) is 23.5 Å². The summed E-state index contributed by atoms with van der Waals surface area (Å²) in [6.07, 6.45) is 5.61. The minimum Gasteiger partial charge on any atom is -0.493 e. The highest BCUT2D eigenvalue weighted by Gasteiger charge is 2.43.